The molecule has 13 rings (SSSR count). The Morgan fingerprint density at radius 2 is 1.21 bits per heavy atom. The number of anilines is 3. The maximum atomic E-state index is 6.72. The Kier molecular flexibility index (Phi) is 6.38. The number of aromatic nitrogens is 1. The van der Waals surface area contributed by atoms with Gasteiger partial charge in [-0.15, -0.1) is 0 Å². The average Bonchev–Trinajstić information content (AvgIpc) is 3.88. The molecule has 1 fully saturated rings. The van der Waals surface area contributed by atoms with Crippen molar-refractivity contribution in [3.63, 3.8) is 0 Å². The Morgan fingerprint density at radius 1 is 0.491 bits per heavy atom. The van der Waals surface area contributed by atoms with Gasteiger partial charge in [0.05, 0.1) is 22.4 Å². The van der Waals surface area contributed by atoms with Crippen molar-refractivity contribution < 1.29 is 4.42 Å². The summed E-state index contributed by atoms with van der Waals surface area (Å²) in [5, 5.41) is 4.81. The van der Waals surface area contributed by atoms with Crippen molar-refractivity contribution in [3.8, 4) is 39.1 Å². The maximum Gasteiger partial charge on any atom is 0.159 e. The van der Waals surface area contributed by atoms with Crippen LogP contribution in [0.15, 0.2) is 174 Å². The van der Waals surface area contributed by atoms with Crippen LogP contribution in [-0.2, 0) is 5.41 Å². The van der Waals surface area contributed by atoms with Crippen molar-refractivity contribution in [2.45, 2.75) is 37.5 Å². The molecule has 0 amide bonds. The lowest BCUT2D eigenvalue weighted by molar-refractivity contribution is 0.353. The third kappa shape index (κ3) is 4.21. The zero-order valence-electron chi connectivity index (χ0n) is 31.5. The topological polar surface area (TPSA) is 21.3 Å². The van der Waals surface area contributed by atoms with Crippen molar-refractivity contribution in [2.75, 3.05) is 4.90 Å². The first-order valence-corrected chi connectivity index (χ1v) is 20.5. The molecular formula is C54H38N2O. The van der Waals surface area contributed by atoms with E-state index in [1.807, 2.05) is 0 Å². The summed E-state index contributed by atoms with van der Waals surface area (Å²) in [6.45, 7) is 0. The average molecular weight is 731 g/mol. The Balaban J connectivity index is 1.09. The number of hydrogen-bond donors (Lipinski definition) is 0. The van der Waals surface area contributed by atoms with E-state index in [-0.39, 0.29) is 5.41 Å². The van der Waals surface area contributed by atoms with Crippen LogP contribution in [0.2, 0.25) is 0 Å². The van der Waals surface area contributed by atoms with Gasteiger partial charge in [0.2, 0.25) is 0 Å². The fraction of sp³-hybridized carbons (Fsp3) is 0.111. The van der Waals surface area contributed by atoms with Gasteiger partial charge in [-0.2, -0.15) is 0 Å². The summed E-state index contributed by atoms with van der Waals surface area (Å²) in [7, 11) is 0. The highest BCUT2D eigenvalue weighted by atomic mass is 16.3. The van der Waals surface area contributed by atoms with E-state index >= 15 is 0 Å². The second kappa shape index (κ2) is 11.6. The number of fused-ring (bicyclic) bond motifs is 11. The molecule has 0 saturated heterocycles. The molecule has 3 nitrogen and oxygen atoms in total. The highest BCUT2D eigenvalue weighted by molar-refractivity contribution is 6.19. The molecule has 0 N–H and O–H groups in total. The first kappa shape index (κ1) is 31.4. The molecule has 1 spiro atoms. The van der Waals surface area contributed by atoms with Gasteiger partial charge in [-0.1, -0.05) is 141 Å². The Hall–Kier alpha value is -6.84. The highest BCUT2D eigenvalue weighted by Crippen LogP contribution is 2.62. The van der Waals surface area contributed by atoms with Crippen molar-refractivity contribution in [1.82, 2.24) is 4.57 Å². The summed E-state index contributed by atoms with van der Waals surface area (Å²) in [4.78, 5) is 2.39. The minimum atomic E-state index is 0.0832. The lowest BCUT2D eigenvalue weighted by Crippen LogP contribution is -2.28. The summed E-state index contributed by atoms with van der Waals surface area (Å²) < 4.78 is 9.31. The maximum absolute atomic E-state index is 6.72. The molecule has 0 bridgehead atoms. The zero-order valence-corrected chi connectivity index (χ0v) is 31.5. The normalized spacial score (nSPS) is 14.8. The highest BCUT2D eigenvalue weighted by Gasteiger charge is 2.46. The monoisotopic (exact) mass is 730 g/mol. The van der Waals surface area contributed by atoms with Crippen LogP contribution in [0, 0.1) is 0 Å². The molecule has 2 aliphatic carbocycles. The quantitative estimate of drug-likeness (QED) is 0.180. The largest absolute Gasteiger partial charge is 0.454 e. The van der Waals surface area contributed by atoms with Gasteiger partial charge in [-0.25, -0.2) is 0 Å². The van der Waals surface area contributed by atoms with Crippen molar-refractivity contribution in [2.24, 2.45) is 0 Å². The summed E-state index contributed by atoms with van der Waals surface area (Å²) >= 11 is 0. The van der Waals surface area contributed by atoms with E-state index in [0.29, 0.717) is 0 Å². The van der Waals surface area contributed by atoms with Gasteiger partial charge >= 0.3 is 0 Å². The molecule has 3 heteroatoms. The lowest BCUT2D eigenvalue weighted by atomic mass is 9.67. The predicted molar refractivity (Wildman–Crippen MR) is 236 cm³/mol. The molecule has 3 aliphatic rings. The van der Waals surface area contributed by atoms with Gasteiger partial charge in [0, 0.05) is 49.5 Å². The number of nitrogens with zero attached hydrogens (tertiary/aromatic N) is 2. The van der Waals surface area contributed by atoms with Crippen LogP contribution in [0.4, 0.5) is 17.1 Å². The van der Waals surface area contributed by atoms with Gasteiger partial charge in [0.1, 0.15) is 5.58 Å². The molecule has 57 heavy (non-hydrogen) atoms. The predicted octanol–water partition coefficient (Wildman–Crippen LogP) is 15.0. The molecule has 2 aromatic heterocycles. The van der Waals surface area contributed by atoms with E-state index in [1.165, 1.54) is 98.5 Å². The summed E-state index contributed by atoms with van der Waals surface area (Å²) in [5.41, 5.74) is 20.0. The molecule has 0 radical (unpaired) electrons. The van der Waals surface area contributed by atoms with E-state index in [2.05, 4.69) is 179 Å². The fourth-order valence-corrected chi connectivity index (χ4v) is 11.1. The molecule has 3 heterocycles. The second-order valence-corrected chi connectivity index (χ2v) is 16.3. The second-order valence-electron chi connectivity index (χ2n) is 16.3. The Bertz CT molecular complexity index is 3270. The molecule has 0 atom stereocenters. The van der Waals surface area contributed by atoms with Crippen LogP contribution in [0.1, 0.15) is 43.2 Å². The molecule has 1 aliphatic heterocycles. The van der Waals surface area contributed by atoms with Crippen LogP contribution in [0.5, 0.6) is 0 Å². The molecule has 8 aromatic carbocycles. The standard InChI is InChI=1S/C54H38N2O/c1-3-13-34(14-4-1)35-23-25-36(26-24-35)55(48-21-12-18-42-39-16-6-8-22-49(39)57-53(42)48)37-27-30-47-43(33-37)41-28-29-45-51-50-40(38-15-5-7-20-46(38)56(47)52(41)51)17-11-19-44(50)54(45)31-9-2-10-32-54/h1,3-8,11-30,33H,2,9-10,31-32H2. The van der Waals surface area contributed by atoms with Crippen LogP contribution < -0.4 is 4.90 Å². The van der Waals surface area contributed by atoms with Gasteiger partial charge in [-0.05, 0) is 94.8 Å². The van der Waals surface area contributed by atoms with Gasteiger partial charge in [-0.3, -0.25) is 0 Å². The minimum absolute atomic E-state index is 0.0832. The smallest absolute Gasteiger partial charge is 0.159 e. The summed E-state index contributed by atoms with van der Waals surface area (Å²) in [6, 6.07) is 62.8. The van der Waals surface area contributed by atoms with Crippen LogP contribution in [0.25, 0.3) is 82.8 Å². The third-order valence-electron chi connectivity index (χ3n) is 13.5. The Morgan fingerprint density at radius 3 is 2.11 bits per heavy atom. The third-order valence-corrected chi connectivity index (χ3v) is 13.5. The number of para-hydroxylation sites is 3. The first-order chi connectivity index (χ1) is 28.3. The molecule has 0 unspecified atom stereocenters. The number of hydrogen-bond acceptors (Lipinski definition) is 2. The number of furan rings is 1. The Labute approximate surface area is 331 Å². The van der Waals surface area contributed by atoms with Crippen LogP contribution in [-0.4, -0.2) is 4.57 Å². The van der Waals surface area contributed by atoms with Crippen molar-refractivity contribution in [1.29, 1.82) is 0 Å². The van der Waals surface area contributed by atoms with Crippen molar-refractivity contribution >= 4 is 60.8 Å². The van der Waals surface area contributed by atoms with E-state index in [9.17, 15) is 0 Å². The molecular weight excluding hydrogens is 693 g/mol. The van der Waals surface area contributed by atoms with Crippen LogP contribution >= 0.6 is 0 Å². The van der Waals surface area contributed by atoms with Gasteiger partial charge in [0.15, 0.2) is 5.58 Å². The minimum Gasteiger partial charge on any atom is -0.454 e. The van der Waals surface area contributed by atoms with E-state index in [1.54, 1.807) is 5.56 Å². The van der Waals surface area contributed by atoms with Crippen LogP contribution in [0.3, 0.4) is 0 Å². The van der Waals surface area contributed by atoms with E-state index in [4.69, 9.17) is 4.42 Å². The van der Waals surface area contributed by atoms with Gasteiger partial charge in [0.25, 0.3) is 0 Å². The van der Waals surface area contributed by atoms with E-state index < -0.39 is 0 Å². The number of rotatable bonds is 4. The van der Waals surface area contributed by atoms with E-state index in [0.717, 1.165) is 39.0 Å². The SMILES string of the molecule is c1ccc(-c2ccc(N(c3ccc4c(c3)c3ccc5c6c3n4-c3ccccc3-c3cccc(c3-6)C53CCCCC3)c3cccc4c3oc3ccccc34)cc2)cc1. The molecule has 1 saturated carbocycles. The zero-order chi connectivity index (χ0) is 37.2. The molecule has 10 aromatic rings. The number of benzene rings is 8. The summed E-state index contributed by atoms with van der Waals surface area (Å²) in [6.07, 6.45) is 6.33. The lowest BCUT2D eigenvalue weighted by Gasteiger charge is -2.36. The molecule has 270 valence electrons. The van der Waals surface area contributed by atoms with Gasteiger partial charge < -0.3 is 13.9 Å². The summed E-state index contributed by atoms with van der Waals surface area (Å²) in [5.74, 6) is 0. The fourth-order valence-electron chi connectivity index (χ4n) is 11.1. The first-order valence-electron chi connectivity index (χ1n) is 20.5. The van der Waals surface area contributed by atoms with Crippen molar-refractivity contribution in [3.05, 3.63) is 181 Å².